The number of rotatable bonds is 10. The van der Waals surface area contributed by atoms with Crippen LogP contribution < -0.4 is 10.5 Å². The number of cyclic esters (lactones) is 1. The van der Waals surface area contributed by atoms with Crippen LogP contribution in [0.3, 0.4) is 0 Å². The Morgan fingerprint density at radius 2 is 1.76 bits per heavy atom. The Morgan fingerprint density at radius 3 is 2.38 bits per heavy atom. The highest BCUT2D eigenvalue weighted by molar-refractivity contribution is 7.92. The van der Waals surface area contributed by atoms with Gasteiger partial charge in [0.15, 0.2) is 10.8 Å². The molecule has 4 atom stereocenters. The second-order valence-corrected chi connectivity index (χ2v) is 13.5. The molecule has 3 N–H and O–H groups in total. The molecule has 3 aromatic rings. The Labute approximate surface area is 246 Å². The Kier molecular flexibility index (Phi) is 9.35. The van der Waals surface area contributed by atoms with Crippen molar-refractivity contribution in [3.05, 3.63) is 83.8 Å². The first-order valence-electron chi connectivity index (χ1n) is 14.1. The highest BCUT2D eigenvalue weighted by Gasteiger charge is 2.51. The number of aryl methyl sites for hydroxylation is 1. The third-order valence-corrected chi connectivity index (χ3v) is 8.97. The lowest BCUT2D eigenvalue weighted by Gasteiger charge is -2.42. The predicted molar refractivity (Wildman–Crippen MR) is 160 cm³/mol. The number of anilines is 2. The van der Waals surface area contributed by atoms with E-state index in [-0.39, 0.29) is 22.3 Å². The van der Waals surface area contributed by atoms with Gasteiger partial charge in [-0.1, -0.05) is 58.4 Å². The molecule has 0 bridgehead atoms. The number of pyridine rings is 1. The maximum Gasteiger partial charge on any atom is 0.317 e. The van der Waals surface area contributed by atoms with E-state index in [2.05, 4.69) is 9.71 Å². The van der Waals surface area contributed by atoms with Gasteiger partial charge in [0.2, 0.25) is 0 Å². The van der Waals surface area contributed by atoms with Crippen molar-refractivity contribution in [2.75, 3.05) is 10.5 Å². The van der Waals surface area contributed by atoms with Gasteiger partial charge in [-0.2, -0.15) is 8.42 Å². The minimum Gasteiger partial charge on any atom is -0.461 e. The molecule has 1 fully saturated rings. The van der Waals surface area contributed by atoms with Gasteiger partial charge in [-0.25, -0.2) is 9.37 Å². The summed E-state index contributed by atoms with van der Waals surface area (Å²) in [4.78, 5) is 31.6. The fraction of sp³-hybridized carbons (Fsp3) is 0.406. The van der Waals surface area contributed by atoms with Crippen LogP contribution in [0.5, 0.6) is 0 Å². The molecule has 0 radical (unpaired) electrons. The van der Waals surface area contributed by atoms with Crippen LogP contribution in [0.15, 0.2) is 71.9 Å². The number of nitrogens with one attached hydrogen (secondary N) is 1. The standard InChI is InChI=1S/C32H38FN3O5S/c1-5-7-26-25(16-12-20-10-13-22(33)14-11-20)30(37)28(31(38)41-26)29(32(2,3)4)21-8-6-9-24(18-21)36-42(39,40)27-17-15-23(34)19-35-27/h6,8-11,13-15,17-19,25-26,28-29,36H,5,7,12,16,34H2,1-4H3/t25?,26-,28?,29?/m0/s1. The van der Waals surface area contributed by atoms with E-state index >= 15 is 0 Å². The summed E-state index contributed by atoms with van der Waals surface area (Å²) in [7, 11) is -4.01. The van der Waals surface area contributed by atoms with Gasteiger partial charge < -0.3 is 10.5 Å². The third-order valence-electron chi connectivity index (χ3n) is 7.67. The molecule has 224 valence electrons. The van der Waals surface area contributed by atoms with E-state index in [9.17, 15) is 22.4 Å². The van der Waals surface area contributed by atoms with E-state index < -0.39 is 45.3 Å². The zero-order valence-electron chi connectivity index (χ0n) is 24.3. The zero-order valence-corrected chi connectivity index (χ0v) is 25.2. The molecule has 3 unspecified atom stereocenters. The molecular formula is C32H38FN3O5S. The molecule has 42 heavy (non-hydrogen) atoms. The summed E-state index contributed by atoms with van der Waals surface area (Å²) >= 11 is 0. The Morgan fingerprint density at radius 1 is 1.05 bits per heavy atom. The molecule has 0 saturated carbocycles. The first-order chi connectivity index (χ1) is 19.8. The van der Waals surface area contributed by atoms with E-state index in [4.69, 9.17) is 10.5 Å². The number of benzene rings is 2. The number of ketones is 1. The first-order valence-corrected chi connectivity index (χ1v) is 15.6. The zero-order chi connectivity index (χ0) is 30.7. The van der Waals surface area contributed by atoms with E-state index in [0.717, 1.165) is 12.0 Å². The second-order valence-electron chi connectivity index (χ2n) is 11.9. The van der Waals surface area contributed by atoms with Crippen LogP contribution in [0.2, 0.25) is 0 Å². The van der Waals surface area contributed by atoms with Crippen LogP contribution in [0.1, 0.15) is 64.0 Å². The number of halogens is 1. The van der Waals surface area contributed by atoms with Gasteiger partial charge >= 0.3 is 5.97 Å². The van der Waals surface area contributed by atoms with Crippen molar-refractivity contribution in [3.63, 3.8) is 0 Å². The molecule has 4 rings (SSSR count). The van der Waals surface area contributed by atoms with Crippen LogP contribution >= 0.6 is 0 Å². The number of esters is 1. The van der Waals surface area contributed by atoms with Crippen molar-refractivity contribution >= 4 is 33.2 Å². The Bertz CT molecular complexity index is 1520. The van der Waals surface area contributed by atoms with Gasteiger partial charge in [0, 0.05) is 11.6 Å². The molecule has 2 heterocycles. The molecule has 0 amide bonds. The number of nitrogen functional groups attached to an aromatic ring is 1. The number of hydrogen-bond donors (Lipinski definition) is 2. The maximum atomic E-state index is 14.2. The molecule has 1 aromatic heterocycles. The van der Waals surface area contributed by atoms with E-state index in [0.29, 0.717) is 30.5 Å². The van der Waals surface area contributed by atoms with Gasteiger partial charge in [0.25, 0.3) is 10.0 Å². The molecule has 2 aromatic carbocycles. The van der Waals surface area contributed by atoms with Crippen molar-refractivity contribution in [2.24, 2.45) is 17.3 Å². The summed E-state index contributed by atoms with van der Waals surface area (Å²) in [6.07, 6.45) is 3.05. The number of Topliss-reactive ketones (excluding diaryl/α,β-unsaturated/α-hetero) is 1. The largest absolute Gasteiger partial charge is 0.461 e. The van der Waals surface area contributed by atoms with Gasteiger partial charge in [0.05, 0.1) is 17.8 Å². The van der Waals surface area contributed by atoms with Crippen LogP contribution in [-0.4, -0.2) is 31.3 Å². The highest BCUT2D eigenvalue weighted by atomic mass is 32.2. The summed E-state index contributed by atoms with van der Waals surface area (Å²) in [5.74, 6) is -3.24. The number of nitrogens with zero attached hydrogens (tertiary/aromatic N) is 1. The normalized spacial score (nSPS) is 20.2. The highest BCUT2D eigenvalue weighted by Crippen LogP contribution is 2.46. The monoisotopic (exact) mass is 595 g/mol. The van der Waals surface area contributed by atoms with E-state index in [1.165, 1.54) is 30.5 Å². The summed E-state index contributed by atoms with van der Waals surface area (Å²) in [6, 6.07) is 15.7. The lowest BCUT2D eigenvalue weighted by molar-refractivity contribution is -0.174. The molecule has 1 saturated heterocycles. The van der Waals surface area contributed by atoms with Crippen molar-refractivity contribution in [1.29, 1.82) is 0 Å². The summed E-state index contributed by atoms with van der Waals surface area (Å²) in [6.45, 7) is 7.81. The molecular weight excluding hydrogens is 557 g/mol. The minimum absolute atomic E-state index is 0.177. The third kappa shape index (κ3) is 7.15. The number of hydrogen-bond acceptors (Lipinski definition) is 7. The molecule has 0 aliphatic carbocycles. The lowest BCUT2D eigenvalue weighted by Crippen LogP contribution is -2.50. The van der Waals surface area contributed by atoms with Gasteiger partial charge in [-0.15, -0.1) is 0 Å². The summed E-state index contributed by atoms with van der Waals surface area (Å²) in [5.41, 5.74) is 7.22. The number of sulfonamides is 1. The summed E-state index contributed by atoms with van der Waals surface area (Å²) < 4.78 is 47.9. The SMILES string of the molecule is CCC[C@@H]1OC(=O)C(C(c2cccc(NS(=O)(=O)c3ccc(N)cn3)c2)C(C)(C)C)C(=O)C1CCc1ccc(F)cc1. The van der Waals surface area contributed by atoms with Gasteiger partial charge in [-0.3, -0.25) is 14.3 Å². The molecule has 1 aliphatic rings. The fourth-order valence-corrected chi connectivity index (χ4v) is 6.71. The quantitative estimate of drug-likeness (QED) is 0.221. The van der Waals surface area contributed by atoms with Gasteiger partial charge in [0.1, 0.15) is 17.8 Å². The topological polar surface area (TPSA) is 128 Å². The van der Waals surface area contributed by atoms with Crippen molar-refractivity contribution in [3.8, 4) is 0 Å². The number of aromatic nitrogens is 1. The smallest absolute Gasteiger partial charge is 0.317 e. The minimum atomic E-state index is -4.01. The summed E-state index contributed by atoms with van der Waals surface area (Å²) in [5, 5.41) is -0.188. The van der Waals surface area contributed by atoms with Crippen LogP contribution in [0, 0.1) is 23.1 Å². The average Bonchev–Trinajstić information content (AvgIpc) is 2.91. The predicted octanol–water partition coefficient (Wildman–Crippen LogP) is 5.89. The average molecular weight is 596 g/mol. The van der Waals surface area contributed by atoms with Crippen molar-refractivity contribution in [2.45, 2.75) is 70.4 Å². The second kappa shape index (κ2) is 12.6. The fourth-order valence-electron chi connectivity index (χ4n) is 5.73. The number of ether oxygens (including phenoxy) is 1. The van der Waals surface area contributed by atoms with E-state index in [1.807, 2.05) is 27.7 Å². The molecule has 1 aliphatic heterocycles. The van der Waals surface area contributed by atoms with Gasteiger partial charge in [-0.05, 0) is 72.2 Å². The first kappa shape index (κ1) is 31.2. The number of carbonyl (C=O) groups is 2. The Balaban J connectivity index is 1.65. The number of nitrogens with two attached hydrogens (primary N) is 1. The van der Waals surface area contributed by atoms with Crippen LogP contribution in [-0.2, 0) is 30.8 Å². The van der Waals surface area contributed by atoms with Crippen molar-refractivity contribution in [1.82, 2.24) is 4.98 Å². The van der Waals surface area contributed by atoms with Crippen LogP contribution in [0.25, 0.3) is 0 Å². The number of carbonyl (C=O) groups excluding carboxylic acids is 2. The lowest BCUT2D eigenvalue weighted by atomic mass is 9.65. The van der Waals surface area contributed by atoms with Crippen LogP contribution in [0.4, 0.5) is 15.8 Å². The maximum absolute atomic E-state index is 14.2. The molecule has 10 heteroatoms. The molecule has 0 spiro atoms. The Hall–Kier alpha value is -3.79. The van der Waals surface area contributed by atoms with E-state index in [1.54, 1.807) is 36.4 Å². The molecule has 8 nitrogen and oxygen atoms in total. The van der Waals surface area contributed by atoms with Crippen molar-refractivity contribution < 1.29 is 27.1 Å².